The molecule has 0 unspecified atom stereocenters. The molecule has 0 atom stereocenters. The molecule has 1 aliphatic heterocycles. The Bertz CT molecular complexity index is 379. The largest absolute Gasteiger partial charge is 0.369 e. The number of hydrogen-bond acceptors (Lipinski definition) is 4. The van der Waals surface area contributed by atoms with Crippen LogP contribution in [-0.2, 0) is 0 Å². The van der Waals surface area contributed by atoms with E-state index < -0.39 is 0 Å². The van der Waals surface area contributed by atoms with Gasteiger partial charge in [0.1, 0.15) is 5.56 Å². The van der Waals surface area contributed by atoms with Crippen LogP contribution in [0.2, 0.25) is 0 Å². The summed E-state index contributed by atoms with van der Waals surface area (Å²) >= 11 is 0. The van der Waals surface area contributed by atoms with E-state index in [-0.39, 0.29) is 17.3 Å². The second-order valence-corrected chi connectivity index (χ2v) is 2.03. The number of nitrogen functional groups attached to an aromatic ring is 1. The molecule has 1 aliphatic rings. The minimum Gasteiger partial charge on any atom is -0.369 e. The van der Waals surface area contributed by atoms with Gasteiger partial charge < -0.3 is 5.73 Å². The molecule has 0 aromatic carbocycles. The van der Waals surface area contributed by atoms with Crippen molar-refractivity contribution in [2.45, 2.75) is 0 Å². The predicted molar refractivity (Wildman–Crippen MR) is 38.7 cm³/mol. The number of anilines is 1. The van der Waals surface area contributed by atoms with E-state index in [1.807, 2.05) is 0 Å². The highest BCUT2D eigenvalue weighted by Crippen LogP contribution is 2.10. The number of hydrogen-bond donors (Lipinski definition) is 2. The monoisotopic (exact) mass is 150 g/mol. The summed E-state index contributed by atoms with van der Waals surface area (Å²) in [5, 5.41) is 3.52. The molecule has 6 nitrogen and oxygen atoms in total. The van der Waals surface area contributed by atoms with Crippen molar-refractivity contribution in [1.82, 2.24) is 15.4 Å². The van der Waals surface area contributed by atoms with Crippen LogP contribution in [0.25, 0.3) is 0 Å². The van der Waals surface area contributed by atoms with Crippen molar-refractivity contribution >= 4 is 18.0 Å². The summed E-state index contributed by atoms with van der Waals surface area (Å²) in [5.41, 5.74) is 8.88. The molecule has 0 spiro atoms. The van der Waals surface area contributed by atoms with E-state index in [9.17, 15) is 4.79 Å². The quantitative estimate of drug-likeness (QED) is 0.492. The second kappa shape index (κ2) is 1.82. The number of rotatable bonds is 0. The molecule has 0 saturated heterocycles. The minimum atomic E-state index is -0.308. The average Bonchev–Trinajstić information content (AvgIpc) is 2.34. The van der Waals surface area contributed by atoms with Crippen LogP contribution in [0.3, 0.4) is 0 Å². The maximum Gasteiger partial charge on any atom is 0.263 e. The van der Waals surface area contributed by atoms with Crippen molar-refractivity contribution in [1.29, 1.82) is 0 Å². The Kier molecular flexibility index (Phi) is 0.974. The Morgan fingerprint density at radius 3 is 3.18 bits per heavy atom. The molecule has 6 heteroatoms. The summed E-state index contributed by atoms with van der Waals surface area (Å²) in [4.78, 5) is 17.1. The fourth-order valence-electron chi connectivity index (χ4n) is 0.821. The Balaban J connectivity index is 2.77. The highest BCUT2D eigenvalue weighted by molar-refractivity contribution is 5.87. The van der Waals surface area contributed by atoms with Gasteiger partial charge in [0, 0.05) is 0 Å². The molecule has 2 rings (SSSR count). The van der Waals surface area contributed by atoms with E-state index in [1.54, 1.807) is 0 Å². The van der Waals surface area contributed by atoms with E-state index in [2.05, 4.69) is 20.5 Å². The first-order valence-electron chi connectivity index (χ1n) is 2.91. The van der Waals surface area contributed by atoms with Gasteiger partial charge in [0.05, 0.1) is 6.21 Å². The van der Waals surface area contributed by atoms with E-state index in [0.717, 1.165) is 0 Å². The first kappa shape index (κ1) is 5.90. The molecule has 0 amide bonds. The van der Waals surface area contributed by atoms with Crippen LogP contribution < -0.4 is 16.7 Å². The van der Waals surface area contributed by atoms with Gasteiger partial charge in [-0.2, -0.15) is 10.1 Å². The van der Waals surface area contributed by atoms with Crippen LogP contribution in [0.5, 0.6) is 0 Å². The maximum absolute atomic E-state index is 11.0. The van der Waals surface area contributed by atoms with Gasteiger partial charge in [0.25, 0.3) is 5.56 Å². The van der Waals surface area contributed by atoms with Gasteiger partial charge in [0.2, 0.25) is 5.95 Å². The average molecular weight is 150 g/mol. The second-order valence-electron chi connectivity index (χ2n) is 2.03. The fraction of sp³-hybridized carbons (Fsp3) is 0. The third-order valence-corrected chi connectivity index (χ3v) is 1.29. The SMILES string of the molecule is Nc1nc2c(c(=O)[nH]1)C=N[N]2. The first-order valence-corrected chi connectivity index (χ1v) is 2.91. The predicted octanol–water partition coefficient (Wildman–Crippen LogP) is -1.06. The lowest BCUT2D eigenvalue weighted by atomic mass is 10.3. The number of nitrogens with one attached hydrogen (secondary N) is 1. The number of fused-ring (bicyclic) bond motifs is 1. The molecule has 0 fully saturated rings. The topological polar surface area (TPSA) is 98.2 Å². The van der Waals surface area contributed by atoms with Gasteiger partial charge in [-0.3, -0.25) is 9.78 Å². The van der Waals surface area contributed by atoms with Crippen LogP contribution in [0.1, 0.15) is 5.56 Å². The van der Waals surface area contributed by atoms with Gasteiger partial charge in [0.15, 0.2) is 5.82 Å². The van der Waals surface area contributed by atoms with Crippen molar-refractivity contribution < 1.29 is 0 Å². The molecule has 3 N–H and O–H groups in total. The molecule has 1 radical (unpaired) electrons. The molecule has 1 aromatic heterocycles. The molecule has 11 heavy (non-hydrogen) atoms. The van der Waals surface area contributed by atoms with Gasteiger partial charge in [-0.15, -0.1) is 5.43 Å². The van der Waals surface area contributed by atoms with Crippen LogP contribution in [0.4, 0.5) is 11.8 Å². The van der Waals surface area contributed by atoms with E-state index in [0.29, 0.717) is 5.56 Å². The Morgan fingerprint density at radius 2 is 2.36 bits per heavy atom. The molecule has 1 aromatic rings. The lowest BCUT2D eigenvalue weighted by Gasteiger charge is -1.94. The van der Waals surface area contributed by atoms with Crippen molar-refractivity contribution in [3.8, 4) is 0 Å². The van der Waals surface area contributed by atoms with Crippen LogP contribution >= 0.6 is 0 Å². The lowest BCUT2D eigenvalue weighted by Crippen LogP contribution is -2.15. The van der Waals surface area contributed by atoms with Crippen LogP contribution in [-0.4, -0.2) is 16.2 Å². The number of aromatic amines is 1. The molecule has 0 saturated carbocycles. The van der Waals surface area contributed by atoms with Crippen LogP contribution in [0, 0.1) is 0 Å². The van der Waals surface area contributed by atoms with E-state index >= 15 is 0 Å². The third kappa shape index (κ3) is 0.759. The number of aromatic nitrogens is 2. The normalized spacial score (nSPS) is 12.7. The Labute approximate surface area is 61.1 Å². The summed E-state index contributed by atoms with van der Waals surface area (Å²) in [7, 11) is 0. The molecular weight excluding hydrogens is 146 g/mol. The summed E-state index contributed by atoms with van der Waals surface area (Å²) < 4.78 is 0. The maximum atomic E-state index is 11.0. The molecule has 55 valence electrons. The number of H-pyrrole nitrogens is 1. The first-order chi connectivity index (χ1) is 5.27. The zero-order valence-corrected chi connectivity index (χ0v) is 5.40. The summed E-state index contributed by atoms with van der Waals surface area (Å²) in [6, 6.07) is 0. The summed E-state index contributed by atoms with van der Waals surface area (Å²) in [5.74, 6) is 0.342. The van der Waals surface area contributed by atoms with Gasteiger partial charge in [-0.05, 0) is 0 Å². The highest BCUT2D eigenvalue weighted by Gasteiger charge is 2.13. The standard InChI is InChI=1S/C5H4N5O/c6-5-8-3-2(1-7-10-3)4(11)9-5/h1H,(H3,6,8,9,11). The summed E-state index contributed by atoms with van der Waals surface area (Å²) in [6.07, 6.45) is 1.35. The third-order valence-electron chi connectivity index (χ3n) is 1.29. The minimum absolute atomic E-state index is 0.0583. The zero-order chi connectivity index (χ0) is 7.84. The number of nitrogens with two attached hydrogens (primary N) is 1. The highest BCUT2D eigenvalue weighted by atomic mass is 16.1. The molecule has 0 aliphatic carbocycles. The van der Waals surface area contributed by atoms with Crippen molar-refractivity contribution in [3.05, 3.63) is 15.9 Å². The van der Waals surface area contributed by atoms with E-state index in [1.165, 1.54) is 6.21 Å². The molecule has 0 bridgehead atoms. The number of nitrogens with zero attached hydrogens (tertiary/aromatic N) is 3. The van der Waals surface area contributed by atoms with Crippen molar-refractivity contribution in [2.75, 3.05) is 5.73 Å². The van der Waals surface area contributed by atoms with Crippen molar-refractivity contribution in [3.63, 3.8) is 0 Å². The van der Waals surface area contributed by atoms with E-state index in [4.69, 9.17) is 5.73 Å². The smallest absolute Gasteiger partial charge is 0.263 e. The Morgan fingerprint density at radius 1 is 1.55 bits per heavy atom. The zero-order valence-electron chi connectivity index (χ0n) is 5.40. The summed E-state index contributed by atoms with van der Waals surface area (Å²) in [6.45, 7) is 0. The molecule has 2 heterocycles. The molecular formula is C5H4N5O. The fourth-order valence-corrected chi connectivity index (χ4v) is 0.821. The van der Waals surface area contributed by atoms with Gasteiger partial charge in [-0.25, -0.2) is 0 Å². The Hall–Kier alpha value is -1.85. The lowest BCUT2D eigenvalue weighted by molar-refractivity contribution is 0.938. The van der Waals surface area contributed by atoms with Gasteiger partial charge in [-0.1, -0.05) is 0 Å². The van der Waals surface area contributed by atoms with Gasteiger partial charge >= 0.3 is 0 Å². The van der Waals surface area contributed by atoms with Crippen molar-refractivity contribution in [2.24, 2.45) is 5.10 Å². The van der Waals surface area contributed by atoms with Crippen LogP contribution in [0.15, 0.2) is 9.90 Å².